The van der Waals surface area contributed by atoms with Crippen LogP contribution in [-0.2, 0) is 11.2 Å². The first kappa shape index (κ1) is 13.6. The highest BCUT2D eigenvalue weighted by Crippen LogP contribution is 2.23. The number of ether oxygens (including phenoxy) is 1. The van der Waals surface area contributed by atoms with Crippen LogP contribution in [-0.4, -0.2) is 35.3 Å². The lowest BCUT2D eigenvalue weighted by Crippen LogP contribution is -2.49. The molecule has 0 spiro atoms. The highest BCUT2D eigenvalue weighted by Gasteiger charge is 2.27. The van der Waals surface area contributed by atoms with Gasteiger partial charge in [0, 0.05) is 19.0 Å². The summed E-state index contributed by atoms with van der Waals surface area (Å²) in [6.45, 7) is 7.90. The Bertz CT molecular complexity index is 413. The molecule has 1 aromatic rings. The van der Waals surface area contributed by atoms with Crippen LogP contribution in [0.15, 0.2) is 6.07 Å². The molecule has 2 heterocycles. The van der Waals surface area contributed by atoms with E-state index in [0.717, 1.165) is 37.6 Å². The largest absolute Gasteiger partial charge is 0.375 e. The Morgan fingerprint density at radius 3 is 2.89 bits per heavy atom. The van der Waals surface area contributed by atoms with Crippen LogP contribution >= 0.6 is 11.6 Å². The zero-order chi connectivity index (χ0) is 13.1. The topological polar surface area (TPSA) is 38.2 Å². The summed E-state index contributed by atoms with van der Waals surface area (Å²) in [7, 11) is 0. The Kier molecular flexibility index (Phi) is 4.40. The Balaban J connectivity index is 2.29. The van der Waals surface area contributed by atoms with E-state index in [9.17, 15) is 0 Å². The number of hydrogen-bond acceptors (Lipinski definition) is 4. The van der Waals surface area contributed by atoms with Crippen molar-refractivity contribution in [1.82, 2.24) is 9.97 Å². The van der Waals surface area contributed by atoms with E-state index in [0.29, 0.717) is 11.2 Å². The molecule has 1 aliphatic heterocycles. The van der Waals surface area contributed by atoms with Crippen molar-refractivity contribution < 1.29 is 4.74 Å². The predicted octanol–water partition coefficient (Wildman–Crippen LogP) is 2.70. The number of hydrogen-bond donors (Lipinski definition) is 0. The normalized spacial score (nSPS) is 24.3. The van der Waals surface area contributed by atoms with Gasteiger partial charge in [0.05, 0.1) is 18.8 Å². The SMILES string of the molecule is CCc1nc(Cl)cc(N2CC(C)OCC2CC)n1. The lowest BCUT2D eigenvalue weighted by Gasteiger charge is -2.39. The molecule has 2 unspecified atom stereocenters. The van der Waals surface area contributed by atoms with Crippen LogP contribution in [0.4, 0.5) is 5.82 Å². The number of rotatable bonds is 3. The van der Waals surface area contributed by atoms with Crippen LogP contribution in [0, 0.1) is 0 Å². The lowest BCUT2D eigenvalue weighted by atomic mass is 10.1. The fourth-order valence-electron chi connectivity index (χ4n) is 2.22. The molecule has 5 heteroatoms. The van der Waals surface area contributed by atoms with Crippen LogP contribution in [0.5, 0.6) is 0 Å². The molecular weight excluding hydrogens is 250 g/mol. The minimum atomic E-state index is 0.228. The monoisotopic (exact) mass is 269 g/mol. The van der Waals surface area contributed by atoms with E-state index in [1.54, 1.807) is 0 Å². The second-order valence-corrected chi connectivity index (χ2v) is 5.06. The lowest BCUT2D eigenvalue weighted by molar-refractivity contribution is 0.0296. The van der Waals surface area contributed by atoms with E-state index in [1.165, 1.54) is 0 Å². The highest BCUT2D eigenvalue weighted by atomic mass is 35.5. The van der Waals surface area contributed by atoms with Crippen LogP contribution in [0.2, 0.25) is 5.15 Å². The maximum atomic E-state index is 6.07. The summed E-state index contributed by atoms with van der Waals surface area (Å²) < 4.78 is 5.70. The van der Waals surface area contributed by atoms with Gasteiger partial charge in [-0.25, -0.2) is 9.97 Å². The molecule has 0 bridgehead atoms. The second-order valence-electron chi connectivity index (χ2n) is 4.68. The molecule has 100 valence electrons. The zero-order valence-corrected chi connectivity index (χ0v) is 11.9. The number of aromatic nitrogens is 2. The summed E-state index contributed by atoms with van der Waals surface area (Å²) in [5, 5.41) is 0.519. The van der Waals surface area contributed by atoms with Gasteiger partial charge in [-0.1, -0.05) is 25.4 Å². The second kappa shape index (κ2) is 5.85. The van der Waals surface area contributed by atoms with Gasteiger partial charge in [-0.05, 0) is 13.3 Å². The molecule has 0 saturated carbocycles. The number of aryl methyl sites for hydroxylation is 1. The van der Waals surface area contributed by atoms with Crippen molar-refractivity contribution in [3.63, 3.8) is 0 Å². The molecule has 0 aliphatic carbocycles. The van der Waals surface area contributed by atoms with Crippen molar-refractivity contribution in [2.75, 3.05) is 18.1 Å². The van der Waals surface area contributed by atoms with Gasteiger partial charge in [0.2, 0.25) is 0 Å². The van der Waals surface area contributed by atoms with E-state index in [-0.39, 0.29) is 6.10 Å². The number of anilines is 1. The number of nitrogens with zero attached hydrogens (tertiary/aromatic N) is 3. The molecule has 1 aromatic heterocycles. The molecular formula is C13H20ClN3O. The van der Waals surface area contributed by atoms with Crippen LogP contribution < -0.4 is 4.90 Å². The number of halogens is 1. The van der Waals surface area contributed by atoms with Crippen molar-refractivity contribution in [1.29, 1.82) is 0 Å². The minimum absolute atomic E-state index is 0.228. The molecule has 1 fully saturated rings. The van der Waals surface area contributed by atoms with E-state index < -0.39 is 0 Å². The third-order valence-corrected chi connectivity index (χ3v) is 3.47. The molecule has 4 nitrogen and oxygen atoms in total. The van der Waals surface area contributed by atoms with E-state index in [1.807, 2.05) is 13.0 Å². The summed E-state index contributed by atoms with van der Waals surface area (Å²) >= 11 is 6.07. The first-order valence-electron chi connectivity index (χ1n) is 6.55. The molecule has 2 rings (SSSR count). The fourth-order valence-corrected chi connectivity index (χ4v) is 2.41. The van der Waals surface area contributed by atoms with Crippen LogP contribution in [0.25, 0.3) is 0 Å². The third-order valence-electron chi connectivity index (χ3n) is 3.28. The molecule has 0 N–H and O–H groups in total. The Morgan fingerprint density at radius 2 is 2.22 bits per heavy atom. The van der Waals surface area contributed by atoms with E-state index in [2.05, 4.69) is 28.7 Å². The average molecular weight is 270 g/mol. The first-order chi connectivity index (χ1) is 8.63. The maximum Gasteiger partial charge on any atom is 0.134 e. The van der Waals surface area contributed by atoms with Gasteiger partial charge in [0.15, 0.2) is 0 Å². The molecule has 0 aromatic carbocycles. The van der Waals surface area contributed by atoms with Crippen molar-refractivity contribution in [3.05, 3.63) is 17.0 Å². The fraction of sp³-hybridized carbons (Fsp3) is 0.692. The van der Waals surface area contributed by atoms with Crippen molar-refractivity contribution in [2.45, 2.75) is 45.8 Å². The first-order valence-corrected chi connectivity index (χ1v) is 6.93. The predicted molar refractivity (Wildman–Crippen MR) is 73.3 cm³/mol. The van der Waals surface area contributed by atoms with Crippen LogP contribution in [0.3, 0.4) is 0 Å². The smallest absolute Gasteiger partial charge is 0.134 e. The summed E-state index contributed by atoms with van der Waals surface area (Å²) in [4.78, 5) is 11.1. The molecule has 0 radical (unpaired) electrons. The summed E-state index contributed by atoms with van der Waals surface area (Å²) in [6.07, 6.45) is 2.06. The van der Waals surface area contributed by atoms with Gasteiger partial charge in [0.25, 0.3) is 0 Å². The van der Waals surface area contributed by atoms with Crippen molar-refractivity contribution in [2.24, 2.45) is 0 Å². The van der Waals surface area contributed by atoms with Gasteiger partial charge in [-0.15, -0.1) is 0 Å². The van der Waals surface area contributed by atoms with Crippen molar-refractivity contribution >= 4 is 17.4 Å². The summed E-state index contributed by atoms with van der Waals surface area (Å²) in [5.41, 5.74) is 0. The highest BCUT2D eigenvalue weighted by molar-refractivity contribution is 6.29. The molecule has 18 heavy (non-hydrogen) atoms. The quantitative estimate of drug-likeness (QED) is 0.791. The van der Waals surface area contributed by atoms with Gasteiger partial charge in [0.1, 0.15) is 16.8 Å². The average Bonchev–Trinajstić information content (AvgIpc) is 2.38. The maximum absolute atomic E-state index is 6.07. The molecule has 0 amide bonds. The minimum Gasteiger partial charge on any atom is -0.375 e. The van der Waals surface area contributed by atoms with Crippen molar-refractivity contribution in [3.8, 4) is 0 Å². The van der Waals surface area contributed by atoms with E-state index in [4.69, 9.17) is 16.3 Å². The van der Waals surface area contributed by atoms with Gasteiger partial charge in [-0.3, -0.25) is 0 Å². The van der Waals surface area contributed by atoms with E-state index >= 15 is 0 Å². The zero-order valence-electron chi connectivity index (χ0n) is 11.2. The molecule has 1 aliphatic rings. The van der Waals surface area contributed by atoms with Crippen LogP contribution in [0.1, 0.15) is 33.0 Å². The third kappa shape index (κ3) is 2.93. The van der Waals surface area contributed by atoms with Gasteiger partial charge in [-0.2, -0.15) is 0 Å². The summed E-state index contributed by atoms with van der Waals surface area (Å²) in [5.74, 6) is 1.72. The summed E-state index contributed by atoms with van der Waals surface area (Å²) in [6, 6.07) is 2.22. The van der Waals surface area contributed by atoms with Gasteiger partial charge >= 0.3 is 0 Å². The van der Waals surface area contributed by atoms with Gasteiger partial charge < -0.3 is 9.64 Å². The Morgan fingerprint density at radius 1 is 1.44 bits per heavy atom. The Hall–Kier alpha value is -0.870. The number of morpholine rings is 1. The Labute approximate surface area is 113 Å². The molecule has 2 atom stereocenters. The molecule has 1 saturated heterocycles. The standard InChI is InChI=1S/C13H20ClN3O/c1-4-10-8-18-9(3)7-17(10)13-6-11(14)15-12(5-2)16-13/h6,9-10H,4-5,7-8H2,1-3H3.